The van der Waals surface area contributed by atoms with Crippen LogP contribution in [0, 0.1) is 0 Å². The zero-order valence-corrected chi connectivity index (χ0v) is 8.16. The van der Waals surface area contributed by atoms with Gasteiger partial charge >= 0.3 is 0 Å². The average Bonchev–Trinajstić information content (AvgIpc) is 2.67. The quantitative estimate of drug-likeness (QED) is 0.618. The van der Waals surface area contributed by atoms with Gasteiger partial charge in [-0.3, -0.25) is 4.90 Å². The molecule has 2 aliphatic heterocycles. The molecule has 0 aromatic carbocycles. The first-order chi connectivity index (χ1) is 6.42. The third-order valence-corrected chi connectivity index (χ3v) is 2.92. The molecule has 2 atom stereocenters. The lowest BCUT2D eigenvalue weighted by Gasteiger charge is -2.34. The van der Waals surface area contributed by atoms with Crippen molar-refractivity contribution in [1.82, 2.24) is 10.2 Å². The highest BCUT2D eigenvalue weighted by molar-refractivity contribution is 4.86. The van der Waals surface area contributed by atoms with Crippen LogP contribution in [0.3, 0.4) is 0 Å². The number of methoxy groups -OCH3 is 1. The van der Waals surface area contributed by atoms with Crippen molar-refractivity contribution in [2.75, 3.05) is 46.5 Å². The molecule has 2 heterocycles. The van der Waals surface area contributed by atoms with Crippen LogP contribution in [0.5, 0.6) is 0 Å². The molecule has 0 spiro atoms. The van der Waals surface area contributed by atoms with Gasteiger partial charge in [0, 0.05) is 33.3 Å². The van der Waals surface area contributed by atoms with Crippen LogP contribution in [0.15, 0.2) is 0 Å². The minimum Gasteiger partial charge on any atom is -0.377 e. The highest BCUT2D eigenvalue weighted by atomic mass is 16.5. The van der Waals surface area contributed by atoms with E-state index in [4.69, 9.17) is 9.47 Å². The lowest BCUT2D eigenvalue weighted by atomic mass is 10.1. The zero-order valence-electron chi connectivity index (χ0n) is 8.16. The van der Waals surface area contributed by atoms with Gasteiger partial charge in [-0.1, -0.05) is 0 Å². The molecule has 0 amide bonds. The van der Waals surface area contributed by atoms with Gasteiger partial charge in [0.25, 0.3) is 0 Å². The molecule has 0 aromatic heterocycles. The average molecular weight is 186 g/mol. The molecule has 1 N–H and O–H groups in total. The van der Waals surface area contributed by atoms with Crippen molar-refractivity contribution in [2.24, 2.45) is 0 Å². The summed E-state index contributed by atoms with van der Waals surface area (Å²) in [4.78, 5) is 2.47. The van der Waals surface area contributed by atoms with Crippen LogP contribution >= 0.6 is 0 Å². The Morgan fingerprint density at radius 3 is 2.77 bits per heavy atom. The van der Waals surface area contributed by atoms with E-state index in [2.05, 4.69) is 10.2 Å². The molecule has 76 valence electrons. The lowest BCUT2D eigenvalue weighted by molar-refractivity contribution is 0.0365. The molecule has 13 heavy (non-hydrogen) atoms. The Morgan fingerprint density at radius 2 is 2.08 bits per heavy atom. The van der Waals surface area contributed by atoms with Gasteiger partial charge in [0.2, 0.25) is 0 Å². The first-order valence-electron chi connectivity index (χ1n) is 4.97. The van der Waals surface area contributed by atoms with Crippen LogP contribution in [0.2, 0.25) is 0 Å². The minimum absolute atomic E-state index is 0.276. The molecule has 0 saturated carbocycles. The molecule has 4 nitrogen and oxygen atoms in total. The fraction of sp³-hybridized carbons (Fsp3) is 1.00. The first kappa shape index (κ1) is 9.40. The van der Waals surface area contributed by atoms with E-state index in [9.17, 15) is 0 Å². The van der Waals surface area contributed by atoms with E-state index in [1.807, 2.05) is 0 Å². The molecule has 2 aliphatic rings. The molecule has 0 aliphatic carbocycles. The summed E-state index contributed by atoms with van der Waals surface area (Å²) in [5, 5.41) is 3.35. The van der Waals surface area contributed by atoms with Crippen molar-refractivity contribution in [3.63, 3.8) is 0 Å². The Morgan fingerprint density at radius 1 is 1.31 bits per heavy atom. The predicted molar refractivity (Wildman–Crippen MR) is 49.8 cm³/mol. The highest BCUT2D eigenvalue weighted by Crippen LogP contribution is 2.15. The van der Waals surface area contributed by atoms with Crippen molar-refractivity contribution in [3.8, 4) is 0 Å². The maximum Gasteiger partial charge on any atom is 0.0981 e. The topological polar surface area (TPSA) is 33.7 Å². The van der Waals surface area contributed by atoms with Gasteiger partial charge in [0.15, 0.2) is 0 Å². The van der Waals surface area contributed by atoms with Crippen molar-refractivity contribution >= 4 is 0 Å². The van der Waals surface area contributed by atoms with Crippen LogP contribution in [0.4, 0.5) is 0 Å². The third-order valence-electron chi connectivity index (χ3n) is 2.92. The highest BCUT2D eigenvalue weighted by Gasteiger charge is 2.33. The molecule has 0 aromatic rings. The van der Waals surface area contributed by atoms with E-state index < -0.39 is 0 Å². The van der Waals surface area contributed by atoms with Crippen molar-refractivity contribution in [1.29, 1.82) is 0 Å². The van der Waals surface area contributed by atoms with Crippen LogP contribution in [0.1, 0.15) is 0 Å². The number of rotatable bonds is 2. The van der Waals surface area contributed by atoms with E-state index in [1.165, 1.54) is 0 Å². The molecule has 0 radical (unpaired) electrons. The summed E-state index contributed by atoms with van der Waals surface area (Å²) in [6, 6.07) is 0.479. The Kier molecular flexibility index (Phi) is 3.16. The largest absolute Gasteiger partial charge is 0.377 e. The number of nitrogens with one attached hydrogen (secondary N) is 1. The summed E-state index contributed by atoms with van der Waals surface area (Å²) in [5.74, 6) is 0. The van der Waals surface area contributed by atoms with E-state index >= 15 is 0 Å². The minimum atomic E-state index is 0.276. The van der Waals surface area contributed by atoms with E-state index in [1.54, 1.807) is 7.11 Å². The van der Waals surface area contributed by atoms with Crippen molar-refractivity contribution in [2.45, 2.75) is 12.1 Å². The van der Waals surface area contributed by atoms with Gasteiger partial charge in [-0.15, -0.1) is 0 Å². The van der Waals surface area contributed by atoms with E-state index in [0.29, 0.717) is 6.04 Å². The summed E-state index contributed by atoms with van der Waals surface area (Å²) in [7, 11) is 1.77. The number of nitrogens with zero attached hydrogens (tertiary/aromatic N) is 1. The lowest BCUT2D eigenvalue weighted by Crippen LogP contribution is -2.52. The van der Waals surface area contributed by atoms with Gasteiger partial charge in [-0.05, 0) is 0 Å². The monoisotopic (exact) mass is 186 g/mol. The van der Waals surface area contributed by atoms with Gasteiger partial charge in [0.1, 0.15) is 0 Å². The number of ether oxygens (including phenoxy) is 2. The fourth-order valence-electron chi connectivity index (χ4n) is 2.10. The molecule has 2 fully saturated rings. The smallest absolute Gasteiger partial charge is 0.0981 e. The summed E-state index contributed by atoms with van der Waals surface area (Å²) in [6.45, 7) is 6.01. The molecule has 2 rings (SSSR count). The maximum absolute atomic E-state index is 5.43. The van der Waals surface area contributed by atoms with Crippen LogP contribution < -0.4 is 5.32 Å². The Balaban J connectivity index is 1.90. The predicted octanol–water partition coefficient (Wildman–Crippen LogP) is -0.695. The van der Waals surface area contributed by atoms with Gasteiger partial charge in [-0.25, -0.2) is 0 Å². The van der Waals surface area contributed by atoms with Gasteiger partial charge in [0.05, 0.1) is 25.4 Å². The van der Waals surface area contributed by atoms with Gasteiger partial charge in [-0.2, -0.15) is 0 Å². The van der Waals surface area contributed by atoms with Crippen LogP contribution in [-0.2, 0) is 9.47 Å². The summed E-state index contributed by atoms with van der Waals surface area (Å²) < 4.78 is 10.8. The summed E-state index contributed by atoms with van der Waals surface area (Å²) in [5.41, 5.74) is 0. The standard InChI is InChI=1S/C9H18N2O2/c1-12-9-7-13-6-8(9)11-4-2-10-3-5-11/h8-10H,2-7H2,1H3/t8-,9+/m0/s1. The molecular formula is C9H18N2O2. The second-order valence-corrected chi connectivity index (χ2v) is 3.66. The van der Waals surface area contributed by atoms with Crippen molar-refractivity contribution in [3.05, 3.63) is 0 Å². The Hall–Kier alpha value is -0.160. The maximum atomic E-state index is 5.43. The zero-order chi connectivity index (χ0) is 9.10. The molecule has 4 heteroatoms. The van der Waals surface area contributed by atoms with Crippen molar-refractivity contribution < 1.29 is 9.47 Å². The third kappa shape index (κ3) is 2.02. The SMILES string of the molecule is CO[C@@H]1COC[C@@H]1N1CCNCC1. The second kappa shape index (κ2) is 4.37. The van der Waals surface area contributed by atoms with Crippen LogP contribution in [-0.4, -0.2) is 63.5 Å². The summed E-state index contributed by atoms with van der Waals surface area (Å²) >= 11 is 0. The van der Waals surface area contributed by atoms with Crippen LogP contribution in [0.25, 0.3) is 0 Å². The first-order valence-corrected chi connectivity index (χ1v) is 4.97. The molecular weight excluding hydrogens is 168 g/mol. The fourth-order valence-corrected chi connectivity index (χ4v) is 2.10. The Bertz CT molecular complexity index is 160. The Labute approximate surface area is 79.2 Å². The van der Waals surface area contributed by atoms with E-state index in [-0.39, 0.29) is 6.10 Å². The number of hydrogen-bond donors (Lipinski definition) is 1. The summed E-state index contributed by atoms with van der Waals surface area (Å²) in [6.07, 6.45) is 0.276. The molecule has 2 saturated heterocycles. The van der Waals surface area contributed by atoms with Gasteiger partial charge < -0.3 is 14.8 Å². The number of hydrogen-bond acceptors (Lipinski definition) is 4. The normalized spacial score (nSPS) is 36.7. The molecule has 0 unspecified atom stereocenters. The van der Waals surface area contributed by atoms with E-state index in [0.717, 1.165) is 39.4 Å². The molecule has 0 bridgehead atoms. The number of piperazine rings is 1. The second-order valence-electron chi connectivity index (χ2n) is 3.66.